The van der Waals surface area contributed by atoms with Gasteiger partial charge in [0.05, 0.1) is 18.5 Å². The molecule has 3 N–H and O–H groups in total. The first-order valence-corrected chi connectivity index (χ1v) is 5.18. The van der Waals surface area contributed by atoms with Crippen LogP contribution in [0.25, 0.3) is 11.5 Å². The van der Waals surface area contributed by atoms with Gasteiger partial charge in [-0.2, -0.15) is 0 Å². The van der Waals surface area contributed by atoms with Crippen molar-refractivity contribution in [3.63, 3.8) is 0 Å². The third-order valence-electron chi connectivity index (χ3n) is 2.18. The molecule has 94 valence electrons. The molecule has 6 nitrogen and oxygen atoms in total. The normalized spacial score (nSPS) is 10.4. The molecule has 0 fully saturated rings. The van der Waals surface area contributed by atoms with Crippen molar-refractivity contribution >= 4 is 5.82 Å². The van der Waals surface area contributed by atoms with E-state index in [2.05, 4.69) is 20.4 Å². The Bertz CT molecular complexity index is 531. The minimum Gasteiger partial charge on any atom is -0.378 e. The number of hydrogen-bond acceptors (Lipinski definition) is 6. The molecule has 0 unspecified atom stereocenters. The minimum atomic E-state index is -0.413. The smallest absolute Gasteiger partial charge is 0.180 e. The molecular weight excluding hydrogens is 237 g/mol. The lowest BCUT2D eigenvalue weighted by molar-refractivity contribution is 0.181. The molecule has 18 heavy (non-hydrogen) atoms. The summed E-state index contributed by atoms with van der Waals surface area (Å²) in [5.41, 5.74) is 3.56. The maximum absolute atomic E-state index is 12.8. The fraction of sp³-hybridized carbons (Fsp3) is 0.182. The molecule has 0 spiro atoms. The van der Waals surface area contributed by atoms with Crippen molar-refractivity contribution in [3.8, 4) is 11.5 Å². The van der Waals surface area contributed by atoms with Crippen molar-refractivity contribution in [1.29, 1.82) is 0 Å². The maximum Gasteiger partial charge on any atom is 0.180 e. The van der Waals surface area contributed by atoms with E-state index in [9.17, 15) is 4.39 Å². The van der Waals surface area contributed by atoms with E-state index in [0.717, 1.165) is 6.20 Å². The fourth-order valence-corrected chi connectivity index (χ4v) is 1.42. The number of ether oxygens (including phenoxy) is 1. The van der Waals surface area contributed by atoms with Crippen LogP contribution in [0.4, 0.5) is 10.2 Å². The highest BCUT2D eigenvalue weighted by molar-refractivity contribution is 5.52. The summed E-state index contributed by atoms with van der Waals surface area (Å²) in [6, 6.07) is 4.46. The van der Waals surface area contributed by atoms with Crippen LogP contribution in [0.5, 0.6) is 0 Å². The summed E-state index contributed by atoms with van der Waals surface area (Å²) in [4.78, 5) is 12.3. The number of aromatic nitrogens is 3. The molecule has 2 rings (SSSR count). The van der Waals surface area contributed by atoms with Crippen LogP contribution in [0.1, 0.15) is 5.69 Å². The molecule has 2 aromatic heterocycles. The number of hydrogen-bond donors (Lipinski definition) is 2. The molecule has 0 saturated heterocycles. The van der Waals surface area contributed by atoms with Gasteiger partial charge in [0.2, 0.25) is 0 Å². The van der Waals surface area contributed by atoms with Gasteiger partial charge in [0.1, 0.15) is 17.3 Å². The monoisotopic (exact) mass is 249 g/mol. The van der Waals surface area contributed by atoms with Crippen LogP contribution in [0.3, 0.4) is 0 Å². The van der Waals surface area contributed by atoms with E-state index in [0.29, 0.717) is 29.6 Å². The number of nitrogens with two attached hydrogens (primary N) is 1. The lowest BCUT2D eigenvalue weighted by atomic mass is 10.3. The number of pyridine rings is 1. The van der Waals surface area contributed by atoms with Gasteiger partial charge in [-0.05, 0) is 12.1 Å². The number of anilines is 1. The average molecular weight is 249 g/mol. The van der Waals surface area contributed by atoms with Crippen molar-refractivity contribution in [2.75, 3.05) is 12.5 Å². The zero-order valence-corrected chi connectivity index (χ0v) is 9.72. The van der Waals surface area contributed by atoms with Gasteiger partial charge >= 0.3 is 0 Å². The molecule has 0 aliphatic rings. The molecule has 0 bridgehead atoms. The van der Waals surface area contributed by atoms with Crippen molar-refractivity contribution in [1.82, 2.24) is 15.0 Å². The summed E-state index contributed by atoms with van der Waals surface area (Å²) in [6.07, 6.45) is 1.11. The van der Waals surface area contributed by atoms with Crippen molar-refractivity contribution in [3.05, 3.63) is 35.9 Å². The van der Waals surface area contributed by atoms with E-state index in [4.69, 9.17) is 10.6 Å². The molecular formula is C11H12FN5O. The highest BCUT2D eigenvalue weighted by atomic mass is 19.1. The van der Waals surface area contributed by atoms with E-state index < -0.39 is 5.82 Å². The molecule has 0 atom stereocenters. The van der Waals surface area contributed by atoms with Crippen LogP contribution < -0.4 is 11.3 Å². The van der Waals surface area contributed by atoms with Crippen LogP contribution in [-0.4, -0.2) is 22.1 Å². The standard InChI is InChI=1S/C11H12FN5O/c1-18-6-8-4-10(17-13)16-11(15-8)9-3-2-7(12)5-14-9/h2-5H,6,13H2,1H3,(H,15,16,17). The molecule has 7 heteroatoms. The number of nitrogen functional groups attached to an aromatic ring is 1. The summed E-state index contributed by atoms with van der Waals surface area (Å²) >= 11 is 0. The van der Waals surface area contributed by atoms with E-state index in [1.807, 2.05) is 0 Å². The average Bonchev–Trinajstić information content (AvgIpc) is 2.39. The second-order valence-corrected chi connectivity index (χ2v) is 3.51. The quantitative estimate of drug-likeness (QED) is 0.623. The molecule has 0 radical (unpaired) electrons. The number of nitrogens with zero attached hydrogens (tertiary/aromatic N) is 3. The number of nitrogens with one attached hydrogen (secondary N) is 1. The van der Waals surface area contributed by atoms with Crippen LogP contribution in [0, 0.1) is 5.82 Å². The first-order chi connectivity index (χ1) is 8.72. The Morgan fingerprint density at radius 3 is 2.83 bits per heavy atom. The summed E-state index contributed by atoms with van der Waals surface area (Å²) in [5.74, 6) is 5.71. The molecule has 0 aromatic carbocycles. The number of halogens is 1. The number of hydrazine groups is 1. The summed E-state index contributed by atoms with van der Waals surface area (Å²) < 4.78 is 17.8. The Morgan fingerprint density at radius 1 is 1.39 bits per heavy atom. The van der Waals surface area contributed by atoms with Crippen molar-refractivity contribution in [2.45, 2.75) is 6.61 Å². The van der Waals surface area contributed by atoms with Crippen LogP contribution in [0.2, 0.25) is 0 Å². The van der Waals surface area contributed by atoms with E-state index in [1.165, 1.54) is 12.1 Å². The number of methoxy groups -OCH3 is 1. The van der Waals surface area contributed by atoms with Gasteiger partial charge < -0.3 is 10.2 Å². The summed E-state index contributed by atoms with van der Waals surface area (Å²) in [6.45, 7) is 0.325. The molecule has 2 heterocycles. The van der Waals surface area contributed by atoms with Crippen LogP contribution in [0.15, 0.2) is 24.4 Å². The molecule has 0 aliphatic heterocycles. The highest BCUT2D eigenvalue weighted by Crippen LogP contribution is 2.16. The van der Waals surface area contributed by atoms with Crippen LogP contribution in [-0.2, 0) is 11.3 Å². The fourth-order valence-electron chi connectivity index (χ4n) is 1.42. The maximum atomic E-state index is 12.8. The number of rotatable bonds is 4. The van der Waals surface area contributed by atoms with Gasteiger partial charge in [-0.3, -0.25) is 0 Å². The van der Waals surface area contributed by atoms with Gasteiger partial charge in [-0.1, -0.05) is 0 Å². The Kier molecular flexibility index (Phi) is 3.75. The van der Waals surface area contributed by atoms with Gasteiger partial charge in [0.25, 0.3) is 0 Å². The first kappa shape index (κ1) is 12.3. The Labute approximate surface area is 103 Å². The van der Waals surface area contributed by atoms with Crippen molar-refractivity contribution in [2.24, 2.45) is 5.84 Å². The van der Waals surface area contributed by atoms with Crippen LogP contribution >= 0.6 is 0 Å². The lowest BCUT2D eigenvalue weighted by Gasteiger charge is -2.06. The van der Waals surface area contributed by atoms with E-state index in [-0.39, 0.29) is 0 Å². The summed E-state index contributed by atoms with van der Waals surface area (Å²) in [7, 11) is 1.56. The Hall–Kier alpha value is -2.12. The molecule has 2 aromatic rings. The zero-order chi connectivity index (χ0) is 13.0. The molecule has 0 saturated carbocycles. The highest BCUT2D eigenvalue weighted by Gasteiger charge is 2.07. The van der Waals surface area contributed by atoms with E-state index >= 15 is 0 Å². The van der Waals surface area contributed by atoms with Crippen molar-refractivity contribution < 1.29 is 9.13 Å². The summed E-state index contributed by atoms with van der Waals surface area (Å²) in [5, 5.41) is 0. The van der Waals surface area contributed by atoms with Gasteiger partial charge in [0.15, 0.2) is 5.82 Å². The second kappa shape index (κ2) is 5.48. The Morgan fingerprint density at radius 2 is 2.22 bits per heavy atom. The third-order valence-corrected chi connectivity index (χ3v) is 2.18. The second-order valence-electron chi connectivity index (χ2n) is 3.51. The van der Waals surface area contributed by atoms with Gasteiger partial charge in [-0.25, -0.2) is 25.2 Å². The van der Waals surface area contributed by atoms with Gasteiger partial charge in [0, 0.05) is 13.2 Å². The predicted octanol–water partition coefficient (Wildman–Crippen LogP) is 1.11. The minimum absolute atomic E-state index is 0.325. The first-order valence-electron chi connectivity index (χ1n) is 5.18. The SMILES string of the molecule is COCc1cc(NN)nc(-c2ccc(F)cn2)n1. The molecule has 0 amide bonds. The predicted molar refractivity (Wildman–Crippen MR) is 63.7 cm³/mol. The van der Waals surface area contributed by atoms with E-state index in [1.54, 1.807) is 13.2 Å². The largest absolute Gasteiger partial charge is 0.378 e. The van der Waals surface area contributed by atoms with Gasteiger partial charge in [-0.15, -0.1) is 0 Å². The third kappa shape index (κ3) is 2.76. The topological polar surface area (TPSA) is 86.0 Å². The Balaban J connectivity index is 2.42. The molecule has 0 aliphatic carbocycles. The zero-order valence-electron chi connectivity index (χ0n) is 9.72. The lowest BCUT2D eigenvalue weighted by Crippen LogP contribution is -2.11.